The smallest absolute Gasteiger partial charge is 0.419 e. The number of rotatable bonds is 7. The average Bonchev–Trinajstić information content (AvgIpc) is 2.44. The van der Waals surface area contributed by atoms with Gasteiger partial charge < -0.3 is 15.2 Å². The van der Waals surface area contributed by atoms with Crippen LogP contribution in [0.1, 0.15) is 30.9 Å². The summed E-state index contributed by atoms with van der Waals surface area (Å²) in [4.78, 5) is 11.3. The first kappa shape index (κ1) is 17.3. The van der Waals surface area contributed by atoms with Crippen LogP contribution in [0.3, 0.4) is 0 Å². The van der Waals surface area contributed by atoms with Crippen LogP contribution >= 0.6 is 0 Å². The SMILES string of the molecule is CCCCOC(=O)COc1ccc(CN)cc1C(F)(F)F. The van der Waals surface area contributed by atoms with Crippen LogP contribution in [0.25, 0.3) is 0 Å². The minimum Gasteiger partial charge on any atom is -0.481 e. The number of hydrogen-bond acceptors (Lipinski definition) is 4. The highest BCUT2D eigenvalue weighted by Gasteiger charge is 2.34. The molecule has 1 aromatic rings. The zero-order chi connectivity index (χ0) is 15.9. The van der Waals surface area contributed by atoms with Crippen LogP contribution in [0.4, 0.5) is 13.2 Å². The molecule has 1 aromatic carbocycles. The van der Waals surface area contributed by atoms with Crippen molar-refractivity contribution in [2.45, 2.75) is 32.5 Å². The second-order valence-corrected chi connectivity index (χ2v) is 4.40. The summed E-state index contributed by atoms with van der Waals surface area (Å²) in [6, 6.07) is 3.50. The number of halogens is 3. The molecular formula is C14H18F3NO3. The van der Waals surface area contributed by atoms with Gasteiger partial charge in [0.05, 0.1) is 12.2 Å². The van der Waals surface area contributed by atoms with Crippen molar-refractivity contribution in [2.24, 2.45) is 5.73 Å². The highest BCUT2D eigenvalue weighted by molar-refractivity contribution is 5.71. The van der Waals surface area contributed by atoms with E-state index in [0.29, 0.717) is 12.0 Å². The highest BCUT2D eigenvalue weighted by Crippen LogP contribution is 2.36. The molecule has 0 saturated heterocycles. The molecule has 0 unspecified atom stereocenters. The molecule has 0 aliphatic carbocycles. The van der Waals surface area contributed by atoms with E-state index in [0.717, 1.165) is 18.6 Å². The Hall–Kier alpha value is -1.76. The lowest BCUT2D eigenvalue weighted by Crippen LogP contribution is -2.18. The van der Waals surface area contributed by atoms with Crippen molar-refractivity contribution < 1.29 is 27.4 Å². The van der Waals surface area contributed by atoms with Gasteiger partial charge in [-0.15, -0.1) is 0 Å². The van der Waals surface area contributed by atoms with E-state index < -0.39 is 30.1 Å². The second kappa shape index (κ2) is 7.87. The van der Waals surface area contributed by atoms with Gasteiger partial charge in [-0.05, 0) is 24.1 Å². The van der Waals surface area contributed by atoms with Crippen molar-refractivity contribution in [2.75, 3.05) is 13.2 Å². The number of hydrogen-bond donors (Lipinski definition) is 1. The number of carbonyl (C=O) groups excluding carboxylic acids is 1. The Morgan fingerprint density at radius 1 is 1.33 bits per heavy atom. The summed E-state index contributed by atoms with van der Waals surface area (Å²) in [6.45, 7) is 1.59. The third-order valence-corrected chi connectivity index (χ3v) is 2.69. The predicted octanol–water partition coefficient (Wildman–Crippen LogP) is 2.89. The Morgan fingerprint density at radius 3 is 2.62 bits per heavy atom. The van der Waals surface area contributed by atoms with E-state index in [1.54, 1.807) is 0 Å². The van der Waals surface area contributed by atoms with E-state index in [9.17, 15) is 18.0 Å². The molecule has 0 atom stereocenters. The van der Waals surface area contributed by atoms with Gasteiger partial charge in [-0.2, -0.15) is 13.2 Å². The lowest BCUT2D eigenvalue weighted by Gasteiger charge is -2.14. The Morgan fingerprint density at radius 2 is 2.05 bits per heavy atom. The molecule has 0 fully saturated rings. The molecule has 0 aliphatic rings. The van der Waals surface area contributed by atoms with Gasteiger partial charge in [-0.25, -0.2) is 4.79 Å². The third-order valence-electron chi connectivity index (χ3n) is 2.69. The Bertz CT molecular complexity index is 475. The maximum Gasteiger partial charge on any atom is 0.419 e. The van der Waals surface area contributed by atoms with Crippen molar-refractivity contribution in [1.82, 2.24) is 0 Å². The number of unbranched alkanes of at least 4 members (excludes halogenated alkanes) is 1. The van der Waals surface area contributed by atoms with Crippen LogP contribution in [-0.2, 0) is 22.3 Å². The molecule has 0 radical (unpaired) electrons. The van der Waals surface area contributed by atoms with E-state index in [1.807, 2.05) is 6.92 Å². The lowest BCUT2D eigenvalue weighted by atomic mass is 10.1. The highest BCUT2D eigenvalue weighted by atomic mass is 19.4. The topological polar surface area (TPSA) is 61.5 Å². The second-order valence-electron chi connectivity index (χ2n) is 4.40. The van der Waals surface area contributed by atoms with E-state index in [2.05, 4.69) is 0 Å². The average molecular weight is 305 g/mol. The largest absolute Gasteiger partial charge is 0.481 e. The molecule has 0 spiro atoms. The first-order chi connectivity index (χ1) is 9.88. The van der Waals surface area contributed by atoms with Crippen molar-refractivity contribution in [3.05, 3.63) is 29.3 Å². The molecule has 0 amide bonds. The number of nitrogens with two attached hydrogens (primary N) is 1. The van der Waals surface area contributed by atoms with Gasteiger partial charge in [0.15, 0.2) is 6.61 Å². The van der Waals surface area contributed by atoms with Crippen LogP contribution in [-0.4, -0.2) is 19.2 Å². The maximum atomic E-state index is 12.9. The molecular weight excluding hydrogens is 287 g/mol. The summed E-state index contributed by atoms with van der Waals surface area (Å²) in [5, 5.41) is 0. The zero-order valence-corrected chi connectivity index (χ0v) is 11.7. The van der Waals surface area contributed by atoms with Crippen molar-refractivity contribution >= 4 is 5.97 Å². The Labute approximate surface area is 121 Å². The van der Waals surface area contributed by atoms with Gasteiger partial charge in [0, 0.05) is 6.54 Å². The van der Waals surface area contributed by atoms with Crippen LogP contribution in [0.2, 0.25) is 0 Å². The van der Waals surface area contributed by atoms with Crippen molar-refractivity contribution in [1.29, 1.82) is 0 Å². The molecule has 1 rings (SSSR count). The van der Waals surface area contributed by atoms with Crippen LogP contribution < -0.4 is 10.5 Å². The van der Waals surface area contributed by atoms with Gasteiger partial charge in [0.2, 0.25) is 0 Å². The van der Waals surface area contributed by atoms with Crippen LogP contribution in [0, 0.1) is 0 Å². The molecule has 0 aromatic heterocycles. The molecule has 4 nitrogen and oxygen atoms in total. The molecule has 2 N–H and O–H groups in total. The number of esters is 1. The van der Waals surface area contributed by atoms with E-state index in [4.69, 9.17) is 15.2 Å². The monoisotopic (exact) mass is 305 g/mol. The third kappa shape index (κ3) is 5.63. The first-order valence-electron chi connectivity index (χ1n) is 6.57. The lowest BCUT2D eigenvalue weighted by molar-refractivity contribution is -0.148. The maximum absolute atomic E-state index is 12.9. The molecule has 0 heterocycles. The number of carbonyl (C=O) groups is 1. The van der Waals surface area contributed by atoms with Gasteiger partial charge in [-0.3, -0.25) is 0 Å². The summed E-state index contributed by atoms with van der Waals surface area (Å²) >= 11 is 0. The summed E-state index contributed by atoms with van der Waals surface area (Å²) < 4.78 is 48.4. The zero-order valence-electron chi connectivity index (χ0n) is 11.7. The Balaban J connectivity index is 2.72. The van der Waals surface area contributed by atoms with E-state index in [1.165, 1.54) is 6.07 Å². The molecule has 118 valence electrons. The molecule has 0 saturated carbocycles. The number of ether oxygens (including phenoxy) is 2. The first-order valence-corrected chi connectivity index (χ1v) is 6.57. The van der Waals surface area contributed by atoms with Crippen LogP contribution in [0.5, 0.6) is 5.75 Å². The summed E-state index contributed by atoms with van der Waals surface area (Å²) in [5.41, 5.74) is 4.70. The number of benzene rings is 1. The van der Waals surface area contributed by atoms with Crippen LogP contribution in [0.15, 0.2) is 18.2 Å². The predicted molar refractivity (Wildman–Crippen MR) is 70.7 cm³/mol. The van der Waals surface area contributed by atoms with Crippen molar-refractivity contribution in [3.63, 3.8) is 0 Å². The van der Waals surface area contributed by atoms with Crippen molar-refractivity contribution in [3.8, 4) is 5.75 Å². The Kier molecular flexibility index (Phi) is 6.48. The fourth-order valence-corrected chi connectivity index (χ4v) is 1.56. The minimum atomic E-state index is -4.58. The molecule has 0 bridgehead atoms. The van der Waals surface area contributed by atoms with Gasteiger partial charge in [0.1, 0.15) is 5.75 Å². The van der Waals surface area contributed by atoms with Gasteiger partial charge >= 0.3 is 12.1 Å². The minimum absolute atomic E-state index is 0.0115. The molecule has 0 aliphatic heterocycles. The summed E-state index contributed by atoms with van der Waals surface area (Å²) in [7, 11) is 0. The van der Waals surface area contributed by atoms with Gasteiger partial charge in [-0.1, -0.05) is 19.4 Å². The standard InChI is InChI=1S/C14H18F3NO3/c1-2-3-6-20-13(19)9-21-12-5-4-10(8-18)7-11(12)14(15,16)17/h4-5,7H,2-3,6,8-9,18H2,1H3. The fourth-order valence-electron chi connectivity index (χ4n) is 1.56. The quantitative estimate of drug-likeness (QED) is 0.621. The fraction of sp³-hybridized carbons (Fsp3) is 0.500. The summed E-state index contributed by atoms with van der Waals surface area (Å²) in [6.07, 6.45) is -3.02. The normalized spacial score (nSPS) is 11.3. The number of alkyl halides is 3. The summed E-state index contributed by atoms with van der Waals surface area (Å²) in [5.74, 6) is -1.10. The van der Waals surface area contributed by atoms with Gasteiger partial charge in [0.25, 0.3) is 0 Å². The molecule has 21 heavy (non-hydrogen) atoms. The molecule has 7 heteroatoms. The van der Waals surface area contributed by atoms with E-state index in [-0.39, 0.29) is 13.2 Å². The van der Waals surface area contributed by atoms with E-state index >= 15 is 0 Å².